The van der Waals surface area contributed by atoms with E-state index in [1.54, 1.807) is 0 Å². The molecule has 1 unspecified atom stereocenters. The molecule has 32 heavy (non-hydrogen) atoms. The lowest BCUT2D eigenvalue weighted by atomic mass is 9.97. The molecule has 2 atom stereocenters. The minimum Gasteiger partial charge on any atom is -0.479 e. The lowest BCUT2D eigenvalue weighted by Crippen LogP contribution is -2.41. The quantitative estimate of drug-likeness (QED) is 0.399. The van der Waals surface area contributed by atoms with Gasteiger partial charge in [0.15, 0.2) is 11.8 Å². The summed E-state index contributed by atoms with van der Waals surface area (Å²) in [6.45, 7) is 0. The second-order valence-electron chi connectivity index (χ2n) is 7.12. The van der Waals surface area contributed by atoms with E-state index in [1.807, 2.05) is 54.6 Å². The van der Waals surface area contributed by atoms with Crippen molar-refractivity contribution in [2.45, 2.75) is 25.0 Å². The van der Waals surface area contributed by atoms with Gasteiger partial charge in [0.05, 0.1) is 12.4 Å². The van der Waals surface area contributed by atoms with E-state index < -0.39 is 30.0 Å². The molecule has 9 nitrogen and oxygen atoms in total. The summed E-state index contributed by atoms with van der Waals surface area (Å²) in [6.07, 6.45) is 0.372. The molecular formula is C23H21N3O6. The summed E-state index contributed by atoms with van der Waals surface area (Å²) in [5.74, 6) is -3.32. The Bertz CT molecular complexity index is 1080. The zero-order valence-electron chi connectivity index (χ0n) is 16.9. The molecule has 9 heteroatoms. The van der Waals surface area contributed by atoms with Gasteiger partial charge in [-0.3, -0.25) is 4.79 Å². The zero-order valence-corrected chi connectivity index (χ0v) is 16.9. The number of nitrogens with zero attached hydrogens (tertiary/aromatic N) is 2. The fraction of sp³-hybridized carbons (Fsp3) is 0.174. The molecule has 3 rings (SSSR count). The van der Waals surface area contributed by atoms with E-state index in [-0.39, 0.29) is 24.2 Å². The highest BCUT2D eigenvalue weighted by molar-refractivity contribution is 5.93. The molecule has 0 fully saturated rings. The van der Waals surface area contributed by atoms with Crippen LogP contribution in [0.3, 0.4) is 0 Å². The Balaban J connectivity index is 1.74. The van der Waals surface area contributed by atoms with Crippen LogP contribution in [0, 0.1) is 0 Å². The topological polar surface area (TPSA) is 150 Å². The van der Waals surface area contributed by atoms with Gasteiger partial charge < -0.3 is 20.6 Å². The number of aliphatic hydroxyl groups is 1. The molecular weight excluding hydrogens is 414 g/mol. The predicted octanol–water partition coefficient (Wildman–Crippen LogP) is 2.02. The van der Waals surface area contributed by atoms with E-state index in [2.05, 4.69) is 15.3 Å². The van der Waals surface area contributed by atoms with Crippen LogP contribution >= 0.6 is 0 Å². The second-order valence-corrected chi connectivity index (χ2v) is 7.12. The van der Waals surface area contributed by atoms with Crippen LogP contribution < -0.4 is 5.32 Å². The Morgan fingerprint density at radius 3 is 2.00 bits per heavy atom. The van der Waals surface area contributed by atoms with Gasteiger partial charge in [0.25, 0.3) is 5.91 Å². The number of rotatable bonds is 9. The van der Waals surface area contributed by atoms with Crippen LogP contribution in [0.25, 0.3) is 11.1 Å². The number of aromatic nitrogens is 2. The largest absolute Gasteiger partial charge is 0.479 e. The normalized spacial score (nSPS) is 12.5. The highest BCUT2D eigenvalue weighted by Crippen LogP contribution is 2.20. The number of hydrogen-bond acceptors (Lipinski definition) is 6. The molecule has 0 spiro atoms. The van der Waals surface area contributed by atoms with Crippen molar-refractivity contribution in [1.82, 2.24) is 15.3 Å². The molecule has 1 amide bonds. The van der Waals surface area contributed by atoms with Crippen molar-refractivity contribution in [2.24, 2.45) is 0 Å². The molecule has 1 aromatic heterocycles. The number of carboxylic acids is 2. The monoisotopic (exact) mass is 435 g/mol. The molecule has 0 bridgehead atoms. The fourth-order valence-electron chi connectivity index (χ4n) is 3.13. The Kier molecular flexibility index (Phi) is 7.25. The van der Waals surface area contributed by atoms with Crippen molar-refractivity contribution in [3.63, 3.8) is 0 Å². The summed E-state index contributed by atoms with van der Waals surface area (Å²) >= 11 is 0. The first-order valence-electron chi connectivity index (χ1n) is 9.75. The Labute approximate surface area is 183 Å². The minimum atomic E-state index is -1.66. The number of benzene rings is 2. The van der Waals surface area contributed by atoms with Gasteiger partial charge in [-0.25, -0.2) is 19.6 Å². The van der Waals surface area contributed by atoms with Gasteiger partial charge in [-0.2, -0.15) is 0 Å². The molecule has 1 heterocycles. The van der Waals surface area contributed by atoms with E-state index in [4.69, 9.17) is 10.2 Å². The Morgan fingerprint density at radius 1 is 0.844 bits per heavy atom. The Morgan fingerprint density at radius 2 is 1.44 bits per heavy atom. The highest BCUT2D eigenvalue weighted by atomic mass is 16.4. The third kappa shape index (κ3) is 5.96. The molecule has 0 aliphatic rings. The van der Waals surface area contributed by atoms with Gasteiger partial charge in [0, 0.05) is 12.5 Å². The zero-order chi connectivity index (χ0) is 23.1. The highest BCUT2D eigenvalue weighted by Gasteiger charge is 2.23. The van der Waals surface area contributed by atoms with Gasteiger partial charge in [0.1, 0.15) is 5.69 Å². The van der Waals surface area contributed by atoms with E-state index in [0.29, 0.717) is 0 Å². The fourth-order valence-corrected chi connectivity index (χ4v) is 3.13. The first-order valence-corrected chi connectivity index (χ1v) is 9.75. The van der Waals surface area contributed by atoms with Gasteiger partial charge in [-0.1, -0.05) is 54.6 Å². The number of aliphatic hydroxyl groups excluding tert-OH is 1. The number of hydrogen-bond donors (Lipinski definition) is 4. The summed E-state index contributed by atoms with van der Waals surface area (Å²) in [4.78, 5) is 41.9. The van der Waals surface area contributed by atoms with Crippen LogP contribution in [-0.4, -0.2) is 55.3 Å². The lowest BCUT2D eigenvalue weighted by molar-refractivity contribution is -0.147. The van der Waals surface area contributed by atoms with Gasteiger partial charge >= 0.3 is 11.9 Å². The van der Waals surface area contributed by atoms with Crippen LogP contribution in [0.1, 0.15) is 33.0 Å². The third-order valence-electron chi connectivity index (χ3n) is 4.77. The average molecular weight is 435 g/mol. The smallest absolute Gasteiger partial charge is 0.356 e. The van der Waals surface area contributed by atoms with Crippen molar-refractivity contribution in [3.8, 4) is 11.1 Å². The standard InChI is InChI=1S/C23H21N3O6/c27-20(23(31)32)11-17(26-21(28)18-12-25-19(13-24-18)22(29)30)10-14-6-8-16(9-7-14)15-4-2-1-3-5-15/h1-9,12-13,17,20,27H,10-11H2,(H,26,28)(H,29,30)(H,31,32)/t17?,20-/m1/s1. The number of carbonyl (C=O) groups is 3. The molecule has 0 saturated carbocycles. The van der Waals surface area contributed by atoms with Crippen molar-refractivity contribution in [1.29, 1.82) is 0 Å². The SMILES string of the molecule is O=C(O)c1cnc(C(=O)NC(Cc2ccc(-c3ccccc3)cc2)C[C@@H](O)C(=O)O)cn1. The van der Waals surface area contributed by atoms with E-state index in [1.165, 1.54) is 0 Å². The average Bonchev–Trinajstić information content (AvgIpc) is 2.80. The van der Waals surface area contributed by atoms with Crippen LogP contribution in [0.5, 0.6) is 0 Å². The molecule has 0 radical (unpaired) electrons. The third-order valence-corrected chi connectivity index (χ3v) is 4.77. The first-order chi connectivity index (χ1) is 15.3. The van der Waals surface area contributed by atoms with Gasteiger partial charge in [-0.15, -0.1) is 0 Å². The summed E-state index contributed by atoms with van der Waals surface area (Å²) in [5, 5.41) is 30.4. The summed E-state index contributed by atoms with van der Waals surface area (Å²) < 4.78 is 0. The van der Waals surface area contributed by atoms with Gasteiger partial charge in [-0.05, 0) is 23.1 Å². The number of carbonyl (C=O) groups excluding carboxylic acids is 1. The minimum absolute atomic E-state index is 0.121. The number of nitrogens with one attached hydrogen (secondary N) is 1. The number of amides is 1. The number of aromatic carboxylic acids is 1. The van der Waals surface area contributed by atoms with Crippen LogP contribution in [0.2, 0.25) is 0 Å². The van der Waals surface area contributed by atoms with Crippen molar-refractivity contribution in [2.75, 3.05) is 0 Å². The molecule has 164 valence electrons. The number of carboxylic acid groups (broad SMARTS) is 2. The van der Waals surface area contributed by atoms with Gasteiger partial charge in [0.2, 0.25) is 0 Å². The van der Waals surface area contributed by atoms with E-state index >= 15 is 0 Å². The van der Waals surface area contributed by atoms with Crippen LogP contribution in [-0.2, 0) is 11.2 Å². The molecule has 0 aliphatic carbocycles. The lowest BCUT2D eigenvalue weighted by Gasteiger charge is -2.20. The molecule has 0 saturated heterocycles. The second kappa shape index (κ2) is 10.3. The van der Waals surface area contributed by atoms with Crippen molar-refractivity contribution < 1.29 is 29.7 Å². The van der Waals surface area contributed by atoms with E-state index in [0.717, 1.165) is 29.1 Å². The maximum atomic E-state index is 12.5. The molecule has 2 aromatic carbocycles. The number of aliphatic carboxylic acids is 1. The summed E-state index contributed by atoms with van der Waals surface area (Å²) in [5.41, 5.74) is 2.46. The maximum Gasteiger partial charge on any atom is 0.356 e. The Hall–Kier alpha value is -4.11. The predicted molar refractivity (Wildman–Crippen MR) is 114 cm³/mol. The maximum absolute atomic E-state index is 12.5. The van der Waals surface area contributed by atoms with Crippen molar-refractivity contribution in [3.05, 3.63) is 83.9 Å². The summed E-state index contributed by atoms with van der Waals surface area (Å²) in [6, 6.07) is 16.7. The van der Waals surface area contributed by atoms with Crippen molar-refractivity contribution >= 4 is 17.8 Å². The summed E-state index contributed by atoms with van der Waals surface area (Å²) in [7, 11) is 0. The molecule has 4 N–H and O–H groups in total. The van der Waals surface area contributed by atoms with Crippen LogP contribution in [0.4, 0.5) is 0 Å². The molecule has 3 aromatic rings. The molecule has 0 aliphatic heterocycles. The van der Waals surface area contributed by atoms with Crippen LogP contribution in [0.15, 0.2) is 67.0 Å². The first kappa shape index (κ1) is 22.6. The van der Waals surface area contributed by atoms with E-state index in [9.17, 15) is 19.5 Å².